The van der Waals surface area contributed by atoms with Gasteiger partial charge in [0, 0.05) is 6.42 Å². The minimum atomic E-state index is 0.295. The summed E-state index contributed by atoms with van der Waals surface area (Å²) in [4.78, 5) is 10.3. The second-order valence-corrected chi connectivity index (χ2v) is 2.80. The lowest BCUT2D eigenvalue weighted by atomic mass is 9.94. The zero-order chi connectivity index (χ0) is 8.81. The van der Waals surface area contributed by atoms with Crippen molar-refractivity contribution in [3.8, 4) is 0 Å². The molecule has 1 heteroatoms. The van der Waals surface area contributed by atoms with Gasteiger partial charge in [0.05, 0.1) is 0 Å². The summed E-state index contributed by atoms with van der Waals surface area (Å²) in [5.41, 5.74) is 1.21. The number of hydrogen-bond acceptors (Lipinski definition) is 1. The van der Waals surface area contributed by atoms with Crippen molar-refractivity contribution in [2.75, 3.05) is 0 Å². The van der Waals surface area contributed by atoms with E-state index < -0.39 is 0 Å². The predicted molar refractivity (Wildman–Crippen MR) is 49.8 cm³/mol. The molecule has 1 radical (unpaired) electrons. The number of benzene rings is 1. The van der Waals surface area contributed by atoms with E-state index in [2.05, 4.69) is 6.92 Å². The summed E-state index contributed by atoms with van der Waals surface area (Å²) in [5.74, 6) is 0.295. The zero-order valence-electron chi connectivity index (χ0n) is 7.07. The average molecular weight is 161 g/mol. The summed E-state index contributed by atoms with van der Waals surface area (Å²) >= 11 is 0. The van der Waals surface area contributed by atoms with E-state index in [0.717, 1.165) is 12.7 Å². The van der Waals surface area contributed by atoms with Crippen LogP contribution in [0, 0.1) is 6.92 Å². The van der Waals surface area contributed by atoms with Gasteiger partial charge in [-0.25, -0.2) is 0 Å². The van der Waals surface area contributed by atoms with Gasteiger partial charge in [-0.15, -0.1) is 0 Å². The Bertz CT molecular complexity index is 228. The van der Waals surface area contributed by atoms with Gasteiger partial charge in [0.15, 0.2) is 0 Å². The summed E-state index contributed by atoms with van der Waals surface area (Å²) < 4.78 is 0. The summed E-state index contributed by atoms with van der Waals surface area (Å²) in [7, 11) is 0. The number of hydrogen-bond donors (Lipinski definition) is 0. The maximum atomic E-state index is 10.3. The molecule has 1 rings (SSSR count). The Morgan fingerprint density at radius 3 is 2.50 bits per heavy atom. The van der Waals surface area contributed by atoms with Crippen molar-refractivity contribution in [2.45, 2.75) is 18.8 Å². The van der Waals surface area contributed by atoms with Crippen LogP contribution in [0.4, 0.5) is 0 Å². The van der Waals surface area contributed by atoms with E-state index in [0.29, 0.717) is 12.3 Å². The molecular formula is C11H13O. The lowest BCUT2D eigenvalue weighted by molar-refractivity contribution is -0.108. The third-order valence-electron chi connectivity index (χ3n) is 2.00. The Balaban J connectivity index is 2.72. The Morgan fingerprint density at radius 2 is 2.00 bits per heavy atom. The lowest BCUT2D eigenvalue weighted by Crippen LogP contribution is -1.97. The van der Waals surface area contributed by atoms with E-state index in [1.807, 2.05) is 30.3 Å². The third-order valence-corrected chi connectivity index (χ3v) is 2.00. The molecule has 0 aliphatic heterocycles. The molecule has 0 amide bonds. The molecule has 63 valence electrons. The lowest BCUT2D eigenvalue weighted by Gasteiger charge is -2.10. The summed E-state index contributed by atoms with van der Waals surface area (Å²) in [5, 5.41) is 0. The first-order valence-corrected chi connectivity index (χ1v) is 4.16. The minimum Gasteiger partial charge on any atom is -0.303 e. The van der Waals surface area contributed by atoms with E-state index in [1.165, 1.54) is 5.56 Å². The molecule has 0 fully saturated rings. The Morgan fingerprint density at radius 1 is 1.33 bits per heavy atom. The quantitative estimate of drug-likeness (QED) is 0.620. The molecule has 0 aliphatic carbocycles. The van der Waals surface area contributed by atoms with Crippen LogP contribution in [-0.2, 0) is 4.79 Å². The van der Waals surface area contributed by atoms with Gasteiger partial charge < -0.3 is 4.79 Å². The summed E-state index contributed by atoms with van der Waals surface area (Å²) in [6.45, 7) is 3.82. The highest BCUT2D eigenvalue weighted by atomic mass is 16.1. The predicted octanol–water partition coefficient (Wildman–Crippen LogP) is 2.58. The van der Waals surface area contributed by atoms with Crippen LogP contribution in [0.5, 0.6) is 0 Å². The molecule has 0 heterocycles. The van der Waals surface area contributed by atoms with Crippen LogP contribution in [0.2, 0.25) is 0 Å². The fourth-order valence-corrected chi connectivity index (χ4v) is 1.26. The van der Waals surface area contributed by atoms with Gasteiger partial charge >= 0.3 is 0 Å². The van der Waals surface area contributed by atoms with Crippen molar-refractivity contribution >= 4 is 6.29 Å². The van der Waals surface area contributed by atoms with Crippen LogP contribution in [0.15, 0.2) is 30.3 Å². The maximum Gasteiger partial charge on any atom is 0.120 e. The van der Waals surface area contributed by atoms with E-state index in [4.69, 9.17) is 0 Å². The molecule has 1 aromatic rings. The minimum absolute atomic E-state index is 0.295. The molecule has 0 saturated carbocycles. The second-order valence-electron chi connectivity index (χ2n) is 2.80. The van der Waals surface area contributed by atoms with Gasteiger partial charge in [0.25, 0.3) is 0 Å². The number of carbonyl (C=O) groups excluding carboxylic acids is 1. The van der Waals surface area contributed by atoms with Gasteiger partial charge in [0.1, 0.15) is 6.29 Å². The summed E-state index contributed by atoms with van der Waals surface area (Å²) in [6, 6.07) is 10.0. The Kier molecular flexibility index (Phi) is 3.52. The normalized spacial score (nSPS) is 12.4. The van der Waals surface area contributed by atoms with Crippen molar-refractivity contribution in [3.05, 3.63) is 42.8 Å². The SMILES string of the molecule is [CH2]CC(CC=O)c1ccccc1. The van der Waals surface area contributed by atoms with Crippen molar-refractivity contribution in [3.63, 3.8) is 0 Å². The highest BCUT2D eigenvalue weighted by molar-refractivity contribution is 5.51. The highest BCUT2D eigenvalue weighted by Crippen LogP contribution is 2.20. The third kappa shape index (κ3) is 2.19. The number of carbonyl (C=O) groups is 1. The molecular weight excluding hydrogens is 148 g/mol. The molecule has 0 aliphatic rings. The Hall–Kier alpha value is -1.11. The van der Waals surface area contributed by atoms with Crippen molar-refractivity contribution in [1.82, 2.24) is 0 Å². The van der Waals surface area contributed by atoms with E-state index in [1.54, 1.807) is 0 Å². The maximum absolute atomic E-state index is 10.3. The monoisotopic (exact) mass is 161 g/mol. The zero-order valence-corrected chi connectivity index (χ0v) is 7.07. The van der Waals surface area contributed by atoms with Gasteiger partial charge in [-0.1, -0.05) is 37.3 Å². The van der Waals surface area contributed by atoms with Crippen LogP contribution in [0.1, 0.15) is 24.3 Å². The number of rotatable bonds is 4. The molecule has 1 aromatic carbocycles. The molecule has 1 nitrogen and oxygen atoms in total. The smallest absolute Gasteiger partial charge is 0.120 e. The van der Waals surface area contributed by atoms with Gasteiger partial charge in [-0.3, -0.25) is 0 Å². The van der Waals surface area contributed by atoms with Crippen LogP contribution in [0.3, 0.4) is 0 Å². The molecule has 0 bridgehead atoms. The molecule has 1 atom stereocenters. The van der Waals surface area contributed by atoms with E-state index in [-0.39, 0.29) is 0 Å². The largest absolute Gasteiger partial charge is 0.303 e. The first kappa shape index (κ1) is 8.98. The first-order chi connectivity index (χ1) is 5.88. The standard InChI is InChI=1S/C11H13O/c1-2-10(8-9-12)11-6-4-3-5-7-11/h3-7,9-10H,1-2,8H2. The molecule has 0 aromatic heterocycles. The number of aldehydes is 1. The first-order valence-electron chi connectivity index (χ1n) is 4.16. The fourth-order valence-electron chi connectivity index (χ4n) is 1.26. The van der Waals surface area contributed by atoms with Crippen molar-refractivity contribution < 1.29 is 4.79 Å². The van der Waals surface area contributed by atoms with Crippen LogP contribution in [0.25, 0.3) is 0 Å². The van der Waals surface area contributed by atoms with Crippen molar-refractivity contribution in [1.29, 1.82) is 0 Å². The second kappa shape index (κ2) is 4.70. The Labute approximate surface area is 73.4 Å². The van der Waals surface area contributed by atoms with E-state index in [9.17, 15) is 4.79 Å². The van der Waals surface area contributed by atoms with Crippen LogP contribution < -0.4 is 0 Å². The van der Waals surface area contributed by atoms with E-state index >= 15 is 0 Å². The van der Waals surface area contributed by atoms with Gasteiger partial charge in [-0.05, 0) is 17.9 Å². The highest BCUT2D eigenvalue weighted by Gasteiger charge is 2.06. The summed E-state index contributed by atoms with van der Waals surface area (Å²) in [6.07, 6.45) is 2.32. The average Bonchev–Trinajstić information content (AvgIpc) is 2.15. The van der Waals surface area contributed by atoms with Gasteiger partial charge in [0.2, 0.25) is 0 Å². The van der Waals surface area contributed by atoms with Crippen LogP contribution in [-0.4, -0.2) is 6.29 Å². The molecule has 0 N–H and O–H groups in total. The topological polar surface area (TPSA) is 17.1 Å². The van der Waals surface area contributed by atoms with Crippen molar-refractivity contribution in [2.24, 2.45) is 0 Å². The molecule has 0 spiro atoms. The van der Waals surface area contributed by atoms with Gasteiger partial charge in [-0.2, -0.15) is 0 Å². The fraction of sp³-hybridized carbons (Fsp3) is 0.273. The van der Waals surface area contributed by atoms with Crippen LogP contribution >= 0.6 is 0 Å². The molecule has 12 heavy (non-hydrogen) atoms. The molecule has 1 unspecified atom stereocenters. The molecule has 0 saturated heterocycles.